The molecule has 2 aliphatic heterocycles. The van der Waals surface area contributed by atoms with Gasteiger partial charge in [-0.15, -0.1) is 0 Å². The zero-order valence-corrected chi connectivity index (χ0v) is 20.6. The fourth-order valence-corrected chi connectivity index (χ4v) is 10.1. The van der Waals surface area contributed by atoms with Gasteiger partial charge in [-0.3, -0.25) is 0 Å². The normalized spacial score (nSPS) is 31.4. The fraction of sp³-hybridized carbons (Fsp3) is 0.478. The van der Waals surface area contributed by atoms with E-state index in [1.54, 1.807) is 0 Å². The summed E-state index contributed by atoms with van der Waals surface area (Å²) in [5.41, 5.74) is -0.211. The summed E-state index contributed by atoms with van der Waals surface area (Å²) in [5, 5.41) is 0.355. The molecule has 1 saturated carbocycles. The maximum absolute atomic E-state index is 15.2. The summed E-state index contributed by atoms with van der Waals surface area (Å²) < 4.78 is 85.9. The lowest BCUT2D eigenvalue weighted by molar-refractivity contribution is 0.0904. The minimum Gasteiger partial charge on any atom is -0.223 e. The van der Waals surface area contributed by atoms with Crippen LogP contribution in [0, 0.1) is 17.6 Å². The van der Waals surface area contributed by atoms with Gasteiger partial charge in [0, 0.05) is 29.2 Å². The Hall–Kier alpha value is -1.59. The summed E-state index contributed by atoms with van der Waals surface area (Å²) in [6.07, 6.45) is 2.27. The second kappa shape index (κ2) is 8.51. The maximum Gasteiger partial charge on any atom is 0.279 e. The minimum absolute atomic E-state index is 0.0211. The van der Waals surface area contributed by atoms with E-state index >= 15 is 4.39 Å². The molecule has 0 amide bonds. The molecule has 3 fully saturated rings. The van der Waals surface area contributed by atoms with Gasteiger partial charge in [-0.25, -0.2) is 17.2 Å². The van der Waals surface area contributed by atoms with Crippen LogP contribution in [-0.4, -0.2) is 39.8 Å². The Balaban J connectivity index is 1.67. The molecule has 1 N–H and O–H groups in total. The van der Waals surface area contributed by atoms with Crippen molar-refractivity contribution in [3.05, 3.63) is 64.7 Å². The van der Waals surface area contributed by atoms with Gasteiger partial charge in [0.05, 0.1) is 4.90 Å². The second-order valence-corrected chi connectivity index (χ2v) is 13.7. The minimum atomic E-state index is -4.21. The van der Waals surface area contributed by atoms with Gasteiger partial charge in [0.1, 0.15) is 16.4 Å². The molecule has 2 aromatic carbocycles. The van der Waals surface area contributed by atoms with Crippen molar-refractivity contribution < 1.29 is 25.6 Å². The van der Waals surface area contributed by atoms with Crippen LogP contribution in [0.5, 0.6) is 0 Å². The number of rotatable bonds is 3. The van der Waals surface area contributed by atoms with Crippen LogP contribution in [0.4, 0.5) is 8.78 Å². The van der Waals surface area contributed by atoms with Crippen LogP contribution in [0.2, 0.25) is 5.02 Å². The molecular weight excluding hydrogens is 506 g/mol. The predicted octanol–water partition coefficient (Wildman–Crippen LogP) is 4.16. The Labute approximate surface area is 203 Å². The Morgan fingerprint density at radius 3 is 2.53 bits per heavy atom. The van der Waals surface area contributed by atoms with Gasteiger partial charge in [0.25, 0.3) is 10.2 Å². The molecule has 0 spiro atoms. The van der Waals surface area contributed by atoms with E-state index < -0.39 is 42.5 Å². The van der Waals surface area contributed by atoms with E-state index in [1.807, 2.05) is 0 Å². The molecular formula is C23H25ClF2N2O4S2. The molecule has 2 aromatic rings. The first kappa shape index (κ1) is 24.1. The van der Waals surface area contributed by atoms with Crippen LogP contribution in [0.15, 0.2) is 47.4 Å². The van der Waals surface area contributed by atoms with Crippen LogP contribution in [0.3, 0.4) is 0 Å². The van der Waals surface area contributed by atoms with Crippen molar-refractivity contribution in [3.63, 3.8) is 0 Å². The molecule has 0 aromatic heterocycles. The third kappa shape index (κ3) is 3.78. The summed E-state index contributed by atoms with van der Waals surface area (Å²) in [5.74, 6) is -1.90. The Bertz CT molecular complexity index is 1320. The number of nitrogens with zero attached hydrogens (tertiary/aromatic N) is 1. The van der Waals surface area contributed by atoms with E-state index in [0.717, 1.165) is 31.0 Å². The standard InChI is InChI=1S/C23H25ClF2N2O4S2/c24-15-4-7-17(8-5-15)33(29,30)23(19-13-16(25)6-9-20(19)26)11-10-21-18(14-23)22-3-1-2-12-28(22)34(31,32)27-21/h4-9,13,18,21-22,27H,1-3,10-12,14H2/t18-,21+,22-,23-/m1/s1. The predicted molar refractivity (Wildman–Crippen MR) is 124 cm³/mol. The first-order chi connectivity index (χ1) is 16.0. The summed E-state index contributed by atoms with van der Waals surface area (Å²) in [6.45, 7) is 0.356. The first-order valence-electron chi connectivity index (χ1n) is 11.3. The van der Waals surface area contributed by atoms with E-state index in [0.29, 0.717) is 18.0 Å². The van der Waals surface area contributed by atoms with Crippen LogP contribution in [-0.2, 0) is 24.8 Å². The lowest BCUT2D eigenvalue weighted by Gasteiger charge is -2.53. The molecule has 1 aliphatic carbocycles. The van der Waals surface area contributed by atoms with Gasteiger partial charge in [-0.1, -0.05) is 18.0 Å². The smallest absolute Gasteiger partial charge is 0.223 e. The molecule has 2 saturated heterocycles. The highest BCUT2D eigenvalue weighted by Gasteiger charge is 2.58. The van der Waals surface area contributed by atoms with E-state index in [2.05, 4.69) is 4.72 Å². The zero-order chi connectivity index (χ0) is 24.3. The number of piperidine rings is 1. The molecule has 6 nitrogen and oxygen atoms in total. The SMILES string of the molecule is O=S1(=O)N[C@H]2CC[C@@](c3cc(F)ccc3F)(S(=O)(=O)c3ccc(Cl)cc3)C[C@H]2[C@H]2CCCCN21. The third-order valence-corrected chi connectivity index (χ3v) is 12.0. The Morgan fingerprint density at radius 1 is 1.06 bits per heavy atom. The Kier molecular flexibility index (Phi) is 6.04. The third-order valence-electron chi connectivity index (χ3n) is 7.60. The molecule has 4 atom stereocenters. The largest absolute Gasteiger partial charge is 0.279 e. The zero-order valence-electron chi connectivity index (χ0n) is 18.3. The Morgan fingerprint density at radius 2 is 1.79 bits per heavy atom. The van der Waals surface area contributed by atoms with E-state index in [4.69, 9.17) is 11.6 Å². The van der Waals surface area contributed by atoms with Gasteiger partial charge < -0.3 is 0 Å². The molecule has 3 aliphatic rings. The molecule has 0 radical (unpaired) electrons. The van der Waals surface area contributed by atoms with Crippen molar-refractivity contribution in [1.29, 1.82) is 0 Å². The van der Waals surface area contributed by atoms with Gasteiger partial charge in [0.2, 0.25) is 0 Å². The fourth-order valence-electron chi connectivity index (χ4n) is 6.01. The highest BCUT2D eigenvalue weighted by Crippen LogP contribution is 2.52. The lowest BCUT2D eigenvalue weighted by Crippen LogP contribution is -2.66. The highest BCUT2D eigenvalue weighted by atomic mass is 35.5. The average molecular weight is 531 g/mol. The monoisotopic (exact) mass is 530 g/mol. The second-order valence-electron chi connectivity index (χ2n) is 9.39. The summed E-state index contributed by atoms with van der Waals surface area (Å²) in [7, 11) is -7.89. The van der Waals surface area contributed by atoms with E-state index in [1.165, 1.54) is 28.6 Å². The van der Waals surface area contributed by atoms with Crippen molar-refractivity contribution in [1.82, 2.24) is 9.03 Å². The average Bonchev–Trinajstić information content (AvgIpc) is 2.81. The van der Waals surface area contributed by atoms with Crippen molar-refractivity contribution >= 4 is 31.6 Å². The van der Waals surface area contributed by atoms with Gasteiger partial charge in [-0.05, 0) is 80.5 Å². The van der Waals surface area contributed by atoms with Crippen molar-refractivity contribution in [2.45, 2.75) is 60.3 Å². The van der Waals surface area contributed by atoms with Crippen molar-refractivity contribution in [3.8, 4) is 0 Å². The molecule has 0 unspecified atom stereocenters. The van der Waals surface area contributed by atoms with Crippen molar-refractivity contribution in [2.75, 3.05) is 6.54 Å². The lowest BCUT2D eigenvalue weighted by atomic mass is 9.70. The van der Waals surface area contributed by atoms with Crippen molar-refractivity contribution in [2.24, 2.45) is 5.92 Å². The number of benzene rings is 2. The van der Waals surface area contributed by atoms with E-state index in [9.17, 15) is 21.2 Å². The number of halogens is 3. The highest BCUT2D eigenvalue weighted by molar-refractivity contribution is 7.92. The molecule has 34 heavy (non-hydrogen) atoms. The quantitative estimate of drug-likeness (QED) is 0.646. The van der Waals surface area contributed by atoms with Gasteiger partial charge in [0.15, 0.2) is 9.84 Å². The molecule has 184 valence electrons. The molecule has 5 rings (SSSR count). The number of nitrogens with one attached hydrogen (secondary N) is 1. The summed E-state index contributed by atoms with van der Waals surface area (Å²) in [4.78, 5) is -0.0316. The number of sulfone groups is 1. The summed E-state index contributed by atoms with van der Waals surface area (Å²) in [6, 6.07) is 7.68. The maximum atomic E-state index is 15.2. The molecule has 0 bridgehead atoms. The van der Waals surface area contributed by atoms with Gasteiger partial charge >= 0.3 is 0 Å². The topological polar surface area (TPSA) is 83.5 Å². The number of hydrogen-bond donors (Lipinski definition) is 1. The first-order valence-corrected chi connectivity index (χ1v) is 14.6. The van der Waals surface area contributed by atoms with Crippen LogP contribution < -0.4 is 4.72 Å². The van der Waals surface area contributed by atoms with Crippen LogP contribution in [0.25, 0.3) is 0 Å². The van der Waals surface area contributed by atoms with Gasteiger partial charge in [-0.2, -0.15) is 17.4 Å². The molecule has 11 heteroatoms. The summed E-state index contributed by atoms with van der Waals surface area (Å²) >= 11 is 5.96. The number of hydrogen-bond acceptors (Lipinski definition) is 4. The van der Waals surface area contributed by atoms with Crippen LogP contribution >= 0.6 is 11.6 Å². The number of fused-ring (bicyclic) bond motifs is 3. The molecule has 2 heterocycles. The van der Waals surface area contributed by atoms with Crippen LogP contribution in [0.1, 0.15) is 44.1 Å². The van der Waals surface area contributed by atoms with E-state index in [-0.39, 0.29) is 41.7 Å².